The van der Waals surface area contributed by atoms with Crippen LogP contribution < -0.4 is 4.99 Å². The van der Waals surface area contributed by atoms with Crippen LogP contribution in [0.3, 0.4) is 0 Å². The maximum Gasteiger partial charge on any atom is 0.416 e. The quantitative estimate of drug-likeness (QED) is 0.893. The van der Waals surface area contributed by atoms with E-state index in [4.69, 9.17) is 0 Å². The number of ketones is 1. The van der Waals surface area contributed by atoms with Gasteiger partial charge in [0.05, 0.1) is 12.0 Å². The Morgan fingerprint density at radius 1 is 1.24 bits per heavy atom. The molecule has 1 saturated carbocycles. The van der Waals surface area contributed by atoms with Crippen LogP contribution in [0.4, 0.5) is 13.2 Å². The van der Waals surface area contributed by atoms with Crippen molar-refractivity contribution >= 4 is 11.5 Å². The third kappa shape index (κ3) is 4.41. The zero-order chi connectivity index (χ0) is 15.7. The molecule has 1 aromatic rings. The summed E-state index contributed by atoms with van der Waals surface area (Å²) in [6, 6.07) is 5.26. The fourth-order valence-corrected chi connectivity index (χ4v) is 2.75. The van der Waals surface area contributed by atoms with Gasteiger partial charge in [0, 0.05) is 18.4 Å². The van der Waals surface area contributed by atoms with Crippen molar-refractivity contribution in [3.05, 3.63) is 35.4 Å². The van der Waals surface area contributed by atoms with E-state index in [9.17, 15) is 18.0 Å². The van der Waals surface area contributed by atoms with Crippen molar-refractivity contribution in [2.24, 2.45) is 5.41 Å². The fraction of sp³-hybridized carbons (Fsp3) is 0.500. The summed E-state index contributed by atoms with van der Waals surface area (Å²) in [7, 11) is 0. The minimum atomic E-state index is -4.33. The molecule has 1 aliphatic carbocycles. The van der Waals surface area contributed by atoms with Crippen LogP contribution >= 0.6 is 0 Å². The molecule has 0 radical (unpaired) electrons. The molecule has 2 nitrogen and oxygen atoms in total. The normalized spacial score (nSPS) is 20.8. The van der Waals surface area contributed by atoms with E-state index < -0.39 is 11.7 Å². The van der Waals surface area contributed by atoms with E-state index in [1.165, 1.54) is 6.07 Å². The smallest absolute Gasteiger partial charge is 0.299 e. The summed E-state index contributed by atoms with van der Waals surface area (Å²) < 4.78 is 37.9. The average Bonchev–Trinajstić information content (AvgIpc) is 2.33. The number of nitrogens with one attached hydrogen (secondary N) is 1. The van der Waals surface area contributed by atoms with E-state index in [0.717, 1.165) is 24.3 Å². The van der Waals surface area contributed by atoms with E-state index in [1.807, 2.05) is 13.8 Å². The fourth-order valence-electron chi connectivity index (χ4n) is 2.75. The lowest BCUT2D eigenvalue weighted by Crippen LogP contribution is -2.72. The van der Waals surface area contributed by atoms with E-state index in [0.29, 0.717) is 24.9 Å². The van der Waals surface area contributed by atoms with Gasteiger partial charge < -0.3 is 0 Å². The van der Waals surface area contributed by atoms with Crippen molar-refractivity contribution in [3.8, 4) is 0 Å². The first-order valence-corrected chi connectivity index (χ1v) is 6.92. The first-order valence-electron chi connectivity index (χ1n) is 6.92. The maximum absolute atomic E-state index is 12.6. The van der Waals surface area contributed by atoms with Crippen molar-refractivity contribution in [2.75, 3.05) is 0 Å². The number of halogens is 3. The van der Waals surface area contributed by atoms with Crippen LogP contribution in [-0.2, 0) is 17.5 Å². The van der Waals surface area contributed by atoms with Gasteiger partial charge in [0.2, 0.25) is 0 Å². The van der Waals surface area contributed by atoms with Gasteiger partial charge in [0.25, 0.3) is 0 Å². The molecule has 0 atom stereocenters. The number of hydrogen-bond donors (Lipinski definition) is 1. The van der Waals surface area contributed by atoms with Gasteiger partial charge in [0.1, 0.15) is 5.78 Å². The SMILES string of the molecule is CC1(C)CC(=O)CC(=[NH+]Cc2cccc(C(F)(F)F)c2)C1. The van der Waals surface area contributed by atoms with Crippen LogP contribution in [0.5, 0.6) is 0 Å². The van der Waals surface area contributed by atoms with Gasteiger partial charge in [-0.25, -0.2) is 4.99 Å². The van der Waals surface area contributed by atoms with Gasteiger partial charge in [-0.1, -0.05) is 26.0 Å². The molecule has 5 heteroatoms. The van der Waals surface area contributed by atoms with Crippen molar-refractivity contribution in [3.63, 3.8) is 0 Å². The first kappa shape index (κ1) is 15.7. The maximum atomic E-state index is 12.6. The van der Waals surface area contributed by atoms with Crippen molar-refractivity contribution in [1.29, 1.82) is 0 Å². The first-order chi connectivity index (χ1) is 9.66. The Bertz CT molecular complexity index is 573. The zero-order valence-corrected chi connectivity index (χ0v) is 12.2. The topological polar surface area (TPSA) is 31.0 Å². The molecule has 0 aliphatic heterocycles. The molecule has 0 saturated heterocycles. The highest BCUT2D eigenvalue weighted by Gasteiger charge is 2.33. The Balaban J connectivity index is 2.12. The number of carbonyl (C=O) groups excluding carboxylic acids is 1. The predicted molar refractivity (Wildman–Crippen MR) is 73.8 cm³/mol. The summed E-state index contributed by atoms with van der Waals surface area (Å²) >= 11 is 0. The number of benzene rings is 1. The van der Waals surface area contributed by atoms with Crippen molar-refractivity contribution < 1.29 is 23.0 Å². The third-order valence-corrected chi connectivity index (χ3v) is 3.58. The Morgan fingerprint density at radius 3 is 2.57 bits per heavy atom. The summed E-state index contributed by atoms with van der Waals surface area (Å²) in [5.41, 5.74) is 0.750. The molecule has 0 spiro atoms. The van der Waals surface area contributed by atoms with E-state index in [-0.39, 0.29) is 11.2 Å². The van der Waals surface area contributed by atoms with Gasteiger partial charge in [-0.05, 0) is 17.5 Å². The molecule has 0 heterocycles. The minimum Gasteiger partial charge on any atom is -0.299 e. The number of carbonyl (C=O) groups is 1. The van der Waals surface area contributed by atoms with Crippen LogP contribution in [-0.4, -0.2) is 11.5 Å². The molecule has 1 fully saturated rings. The number of alkyl halides is 3. The third-order valence-electron chi connectivity index (χ3n) is 3.58. The lowest BCUT2D eigenvalue weighted by molar-refractivity contribution is -0.478. The summed E-state index contributed by atoms with van der Waals surface area (Å²) in [5, 5.41) is 0. The molecule has 1 aliphatic rings. The van der Waals surface area contributed by atoms with Crippen molar-refractivity contribution in [1.82, 2.24) is 0 Å². The van der Waals surface area contributed by atoms with Gasteiger partial charge in [-0.2, -0.15) is 13.2 Å². The van der Waals surface area contributed by atoms with Gasteiger partial charge >= 0.3 is 6.18 Å². The van der Waals surface area contributed by atoms with Crippen molar-refractivity contribution in [2.45, 2.75) is 45.8 Å². The Hall–Kier alpha value is -1.65. The van der Waals surface area contributed by atoms with Crippen LogP contribution in [0.15, 0.2) is 24.3 Å². The second kappa shape index (κ2) is 5.62. The molecule has 114 valence electrons. The molecule has 2 rings (SSSR count). The highest BCUT2D eigenvalue weighted by molar-refractivity contribution is 6.02. The van der Waals surface area contributed by atoms with E-state index in [1.54, 1.807) is 6.07 Å². The largest absolute Gasteiger partial charge is 0.416 e. The van der Waals surface area contributed by atoms with Gasteiger partial charge in [0.15, 0.2) is 12.3 Å². The molecule has 21 heavy (non-hydrogen) atoms. The summed E-state index contributed by atoms with van der Waals surface area (Å²) in [5.74, 6) is 0.179. The van der Waals surface area contributed by atoms with Crippen LogP contribution in [0.25, 0.3) is 0 Å². The highest BCUT2D eigenvalue weighted by atomic mass is 19.4. The number of rotatable bonds is 2. The highest BCUT2D eigenvalue weighted by Crippen LogP contribution is 2.31. The van der Waals surface area contributed by atoms with Crippen LogP contribution in [0, 0.1) is 5.41 Å². The second-order valence-corrected chi connectivity index (χ2v) is 6.39. The monoisotopic (exact) mass is 298 g/mol. The minimum absolute atomic E-state index is 0.0779. The Kier molecular flexibility index (Phi) is 4.21. The van der Waals surface area contributed by atoms with E-state index >= 15 is 0 Å². The molecule has 0 bridgehead atoms. The summed E-state index contributed by atoms with van der Waals surface area (Å²) in [4.78, 5) is 14.8. The molecular weight excluding hydrogens is 279 g/mol. The predicted octanol–water partition coefficient (Wildman–Crippen LogP) is 2.51. The Labute approximate surface area is 122 Å². The average molecular weight is 298 g/mol. The van der Waals surface area contributed by atoms with Crippen LogP contribution in [0.1, 0.15) is 44.2 Å². The molecule has 1 aromatic carbocycles. The van der Waals surface area contributed by atoms with E-state index in [2.05, 4.69) is 4.99 Å². The molecular formula is C16H19F3NO+. The number of hydrogen-bond acceptors (Lipinski definition) is 1. The molecule has 0 amide bonds. The molecule has 1 N–H and O–H groups in total. The summed E-state index contributed by atoms with van der Waals surface area (Å²) in [6.07, 6.45) is -2.62. The summed E-state index contributed by atoms with van der Waals surface area (Å²) in [6.45, 7) is 4.36. The standard InChI is InChI=1S/C16H18F3NO/c1-15(2)8-13(7-14(21)9-15)20-10-11-4-3-5-12(6-11)16(17,18)19/h3-6H,7-10H2,1-2H3/p+1. The lowest BCUT2D eigenvalue weighted by Gasteiger charge is -2.26. The lowest BCUT2D eigenvalue weighted by atomic mass is 9.76. The second-order valence-electron chi connectivity index (χ2n) is 6.39. The van der Waals surface area contributed by atoms with Gasteiger partial charge in [-0.3, -0.25) is 4.79 Å². The Morgan fingerprint density at radius 2 is 1.95 bits per heavy atom. The number of Topliss-reactive ketones (excluding diaryl/α,β-unsaturated/α-hetero) is 1. The molecule has 0 unspecified atom stereocenters. The molecule has 0 aromatic heterocycles. The zero-order valence-electron chi connectivity index (χ0n) is 12.2. The van der Waals surface area contributed by atoms with Crippen LogP contribution in [0.2, 0.25) is 0 Å². The van der Waals surface area contributed by atoms with Gasteiger partial charge in [-0.15, -0.1) is 0 Å².